The Labute approximate surface area is 91.4 Å². The quantitative estimate of drug-likeness (QED) is 0.730. The summed E-state index contributed by atoms with van der Waals surface area (Å²) in [4.78, 5) is 12.9. The lowest BCUT2D eigenvalue weighted by atomic mass is 9.91. The third-order valence-corrected chi connectivity index (χ3v) is 3.33. The fourth-order valence-electron chi connectivity index (χ4n) is 2.45. The van der Waals surface area contributed by atoms with Gasteiger partial charge in [0.1, 0.15) is 0 Å². The molecule has 0 aromatic heterocycles. The number of nitrogens with zero attached hydrogens (tertiary/aromatic N) is 1. The van der Waals surface area contributed by atoms with Gasteiger partial charge in [0.2, 0.25) is 0 Å². The molecule has 3 N–H and O–H groups in total. The molecular formula is C11H22N2O2. The Kier molecular flexibility index (Phi) is 4.54. The average Bonchev–Trinajstić information content (AvgIpc) is 2.16. The van der Waals surface area contributed by atoms with Gasteiger partial charge in [0.05, 0.1) is 6.42 Å². The molecule has 0 radical (unpaired) electrons. The van der Waals surface area contributed by atoms with Gasteiger partial charge in [-0.05, 0) is 32.2 Å². The second-order valence-electron chi connectivity index (χ2n) is 4.70. The van der Waals surface area contributed by atoms with Gasteiger partial charge in [0.25, 0.3) is 0 Å². The second kappa shape index (κ2) is 5.47. The van der Waals surface area contributed by atoms with E-state index in [1.54, 1.807) is 0 Å². The third-order valence-electron chi connectivity index (χ3n) is 3.33. The number of nitrogens with two attached hydrogens (primary N) is 1. The van der Waals surface area contributed by atoms with Crippen molar-refractivity contribution in [3.8, 4) is 0 Å². The number of carbonyl (C=O) groups is 1. The van der Waals surface area contributed by atoms with Crippen molar-refractivity contribution < 1.29 is 9.90 Å². The van der Waals surface area contributed by atoms with Crippen LogP contribution in [0.4, 0.5) is 0 Å². The lowest BCUT2D eigenvalue weighted by molar-refractivity contribution is -0.138. The number of piperidine rings is 1. The number of hydrogen-bond acceptors (Lipinski definition) is 3. The van der Waals surface area contributed by atoms with Crippen molar-refractivity contribution in [3.63, 3.8) is 0 Å². The highest BCUT2D eigenvalue weighted by Gasteiger charge is 2.29. The summed E-state index contributed by atoms with van der Waals surface area (Å²) in [5, 5.41) is 8.77. The van der Waals surface area contributed by atoms with Crippen LogP contribution in [0.5, 0.6) is 0 Å². The Morgan fingerprint density at radius 2 is 2.33 bits per heavy atom. The van der Waals surface area contributed by atoms with Crippen molar-refractivity contribution in [2.75, 3.05) is 13.1 Å². The predicted molar refractivity (Wildman–Crippen MR) is 59.7 cm³/mol. The molecule has 1 aliphatic heterocycles. The fourth-order valence-corrected chi connectivity index (χ4v) is 2.45. The minimum absolute atomic E-state index is 0.101. The molecule has 1 aliphatic rings. The molecule has 15 heavy (non-hydrogen) atoms. The van der Waals surface area contributed by atoms with Crippen molar-refractivity contribution in [2.24, 2.45) is 11.7 Å². The van der Waals surface area contributed by atoms with Gasteiger partial charge in [0.15, 0.2) is 0 Å². The van der Waals surface area contributed by atoms with Crippen LogP contribution in [0.2, 0.25) is 0 Å². The summed E-state index contributed by atoms with van der Waals surface area (Å²) in [6.07, 6.45) is 2.46. The molecule has 88 valence electrons. The Morgan fingerprint density at radius 1 is 1.67 bits per heavy atom. The molecule has 3 unspecified atom stereocenters. The first kappa shape index (κ1) is 12.5. The highest BCUT2D eigenvalue weighted by molar-refractivity contribution is 5.67. The van der Waals surface area contributed by atoms with Crippen molar-refractivity contribution in [3.05, 3.63) is 0 Å². The third kappa shape index (κ3) is 3.47. The molecule has 0 bridgehead atoms. The number of carboxylic acid groups (broad SMARTS) is 1. The van der Waals surface area contributed by atoms with Crippen LogP contribution in [0, 0.1) is 5.92 Å². The average molecular weight is 214 g/mol. The van der Waals surface area contributed by atoms with Crippen LogP contribution in [-0.4, -0.2) is 41.1 Å². The Balaban J connectivity index is 2.54. The number of aliphatic carboxylic acids is 1. The van der Waals surface area contributed by atoms with E-state index in [0.717, 1.165) is 19.4 Å². The molecule has 0 aromatic rings. The molecular weight excluding hydrogens is 192 g/mol. The van der Waals surface area contributed by atoms with Crippen LogP contribution in [0.25, 0.3) is 0 Å². The van der Waals surface area contributed by atoms with Crippen LogP contribution in [-0.2, 0) is 4.79 Å². The number of likely N-dealkylation sites (tertiary alicyclic amines) is 1. The van der Waals surface area contributed by atoms with Gasteiger partial charge in [-0.2, -0.15) is 0 Å². The van der Waals surface area contributed by atoms with Crippen molar-refractivity contribution in [1.29, 1.82) is 0 Å². The molecule has 1 fully saturated rings. The summed E-state index contributed by atoms with van der Waals surface area (Å²) in [7, 11) is 0. The predicted octanol–water partition coefficient (Wildman–Crippen LogP) is 0.909. The molecule has 0 saturated carbocycles. The molecule has 1 heterocycles. The smallest absolute Gasteiger partial charge is 0.304 e. The van der Waals surface area contributed by atoms with E-state index in [-0.39, 0.29) is 12.5 Å². The van der Waals surface area contributed by atoms with E-state index in [2.05, 4.69) is 11.8 Å². The molecule has 1 saturated heterocycles. The van der Waals surface area contributed by atoms with Gasteiger partial charge in [0, 0.05) is 18.6 Å². The summed E-state index contributed by atoms with van der Waals surface area (Å²) in [5.74, 6) is -0.0104. The topological polar surface area (TPSA) is 66.6 Å². The molecule has 3 atom stereocenters. The Bertz CT molecular complexity index is 221. The molecule has 0 spiro atoms. The second-order valence-corrected chi connectivity index (χ2v) is 4.70. The molecule has 4 nitrogen and oxygen atoms in total. The largest absolute Gasteiger partial charge is 0.481 e. The van der Waals surface area contributed by atoms with Crippen LogP contribution in [0.3, 0.4) is 0 Å². The lowest BCUT2D eigenvalue weighted by Crippen LogP contribution is -2.50. The van der Waals surface area contributed by atoms with E-state index in [1.807, 2.05) is 6.92 Å². The first-order valence-electron chi connectivity index (χ1n) is 5.72. The van der Waals surface area contributed by atoms with E-state index in [0.29, 0.717) is 18.5 Å². The van der Waals surface area contributed by atoms with Crippen LogP contribution < -0.4 is 5.73 Å². The van der Waals surface area contributed by atoms with Crippen LogP contribution in [0.15, 0.2) is 0 Å². The van der Waals surface area contributed by atoms with Gasteiger partial charge < -0.3 is 10.8 Å². The van der Waals surface area contributed by atoms with Gasteiger partial charge in [-0.15, -0.1) is 0 Å². The normalized spacial score (nSPS) is 30.1. The molecule has 1 rings (SSSR count). The monoisotopic (exact) mass is 214 g/mol. The van der Waals surface area contributed by atoms with Crippen LogP contribution in [0.1, 0.15) is 33.1 Å². The van der Waals surface area contributed by atoms with Crippen molar-refractivity contribution in [2.45, 2.75) is 45.2 Å². The highest BCUT2D eigenvalue weighted by atomic mass is 16.4. The van der Waals surface area contributed by atoms with E-state index < -0.39 is 5.97 Å². The van der Waals surface area contributed by atoms with E-state index in [4.69, 9.17) is 10.8 Å². The van der Waals surface area contributed by atoms with Crippen molar-refractivity contribution in [1.82, 2.24) is 4.90 Å². The number of hydrogen-bond donors (Lipinski definition) is 2. The summed E-state index contributed by atoms with van der Waals surface area (Å²) in [6.45, 7) is 5.83. The van der Waals surface area contributed by atoms with Gasteiger partial charge in [-0.3, -0.25) is 9.69 Å². The fraction of sp³-hybridized carbons (Fsp3) is 0.909. The molecule has 0 aromatic carbocycles. The van der Waals surface area contributed by atoms with E-state index in [1.165, 1.54) is 0 Å². The molecule has 0 aliphatic carbocycles. The number of rotatable bonds is 4. The minimum atomic E-state index is -0.725. The molecule has 4 heteroatoms. The first-order valence-corrected chi connectivity index (χ1v) is 5.72. The van der Waals surface area contributed by atoms with E-state index >= 15 is 0 Å². The summed E-state index contributed by atoms with van der Waals surface area (Å²) < 4.78 is 0. The molecule has 0 amide bonds. The van der Waals surface area contributed by atoms with Crippen LogP contribution >= 0.6 is 0 Å². The highest BCUT2D eigenvalue weighted by Crippen LogP contribution is 2.24. The standard InChI is InChI=1S/C11H22N2O2/c1-8-3-4-13(10(5-8)7-12)9(2)6-11(14)15/h8-10H,3-7,12H2,1-2H3,(H,14,15). The van der Waals surface area contributed by atoms with Crippen molar-refractivity contribution >= 4 is 5.97 Å². The minimum Gasteiger partial charge on any atom is -0.481 e. The number of carboxylic acids is 1. The maximum absolute atomic E-state index is 10.7. The maximum Gasteiger partial charge on any atom is 0.304 e. The lowest BCUT2D eigenvalue weighted by Gasteiger charge is -2.41. The van der Waals surface area contributed by atoms with Gasteiger partial charge in [-0.25, -0.2) is 0 Å². The van der Waals surface area contributed by atoms with E-state index in [9.17, 15) is 4.79 Å². The first-order chi connectivity index (χ1) is 7.04. The summed E-state index contributed by atoms with van der Waals surface area (Å²) in [5.41, 5.74) is 5.74. The van der Waals surface area contributed by atoms with Gasteiger partial charge >= 0.3 is 5.97 Å². The Morgan fingerprint density at radius 3 is 2.87 bits per heavy atom. The summed E-state index contributed by atoms with van der Waals surface area (Å²) in [6, 6.07) is 0.464. The maximum atomic E-state index is 10.7. The summed E-state index contributed by atoms with van der Waals surface area (Å²) >= 11 is 0. The zero-order valence-electron chi connectivity index (χ0n) is 9.65. The zero-order chi connectivity index (χ0) is 11.4. The Hall–Kier alpha value is -0.610. The zero-order valence-corrected chi connectivity index (χ0v) is 9.65. The SMILES string of the molecule is CC1CCN(C(C)CC(=O)O)C(CN)C1. The van der Waals surface area contributed by atoms with Gasteiger partial charge in [-0.1, -0.05) is 6.92 Å².